The molecule has 3 heterocycles. The van der Waals surface area contributed by atoms with Gasteiger partial charge in [0.25, 0.3) is 0 Å². The van der Waals surface area contributed by atoms with Gasteiger partial charge >= 0.3 is 0 Å². The molecule has 0 saturated carbocycles. The van der Waals surface area contributed by atoms with Crippen LogP contribution in [0.15, 0.2) is 12.5 Å². The number of hydrogen-bond donors (Lipinski definition) is 2. The molecule has 0 amide bonds. The summed E-state index contributed by atoms with van der Waals surface area (Å²) in [4.78, 5) is 10.7. The Hall–Kier alpha value is -1.77. The summed E-state index contributed by atoms with van der Waals surface area (Å²) in [5.74, 6) is 0.712. The molecule has 8 nitrogen and oxygen atoms in total. The molecule has 0 aromatic carbocycles. The number of nitrogens with one attached hydrogen (secondary N) is 1. The summed E-state index contributed by atoms with van der Waals surface area (Å²) >= 11 is 0. The number of morpholine rings is 1. The van der Waals surface area contributed by atoms with Crippen LogP contribution in [0.5, 0.6) is 0 Å². The summed E-state index contributed by atoms with van der Waals surface area (Å²) in [5, 5.41) is 17.5. The number of likely N-dealkylation sites (N-methyl/N-ethyl adjacent to an activating group) is 1. The second-order valence-electron chi connectivity index (χ2n) is 5.94. The lowest BCUT2D eigenvalue weighted by molar-refractivity contribution is -0.101. The van der Waals surface area contributed by atoms with Crippen LogP contribution in [0.2, 0.25) is 0 Å². The summed E-state index contributed by atoms with van der Waals surface area (Å²) < 4.78 is 7.39. The minimum absolute atomic E-state index is 0.0143. The number of anilines is 1. The van der Waals surface area contributed by atoms with Crippen LogP contribution in [0.3, 0.4) is 0 Å². The zero-order chi connectivity index (χ0) is 15.7. The molecule has 0 radical (unpaired) electrons. The van der Waals surface area contributed by atoms with Gasteiger partial charge in [0, 0.05) is 19.6 Å². The number of rotatable bonds is 4. The Morgan fingerprint density at radius 3 is 3.05 bits per heavy atom. The van der Waals surface area contributed by atoms with Gasteiger partial charge in [-0.05, 0) is 14.0 Å². The van der Waals surface area contributed by atoms with Crippen LogP contribution < -0.4 is 5.32 Å². The zero-order valence-electron chi connectivity index (χ0n) is 13.2. The summed E-state index contributed by atoms with van der Waals surface area (Å²) in [6.07, 6.45) is 3.23. The van der Waals surface area contributed by atoms with Gasteiger partial charge in [0.15, 0.2) is 5.82 Å². The summed E-state index contributed by atoms with van der Waals surface area (Å²) in [5.41, 5.74) is 1.18. The van der Waals surface area contributed by atoms with Gasteiger partial charge in [-0.25, -0.2) is 9.97 Å². The van der Waals surface area contributed by atoms with Crippen molar-refractivity contribution in [2.75, 3.05) is 38.7 Å². The van der Waals surface area contributed by atoms with Crippen molar-refractivity contribution in [2.45, 2.75) is 18.5 Å². The molecule has 2 atom stereocenters. The Morgan fingerprint density at radius 1 is 1.45 bits per heavy atom. The average molecular weight is 306 g/mol. The van der Waals surface area contributed by atoms with Crippen molar-refractivity contribution >= 4 is 16.9 Å². The molecule has 2 N–H and O–H groups in total. The van der Waals surface area contributed by atoms with Crippen LogP contribution in [0.1, 0.15) is 6.92 Å². The third-order valence-electron chi connectivity index (χ3n) is 4.55. The highest BCUT2D eigenvalue weighted by molar-refractivity contribution is 5.84. The third kappa shape index (κ3) is 2.43. The standard InChI is InChI=1S/C14H22N6O2/c1-10-5-22-8-14(7-21,19(10)2)6-15-13-12-11(16-9-17-13)4-18-20(12)3/h4,9-10,21H,5-8H2,1-3H3,(H,15,16,17)/t10-,14+/m1/s1. The van der Waals surface area contributed by atoms with Gasteiger partial charge in [-0.1, -0.05) is 0 Å². The van der Waals surface area contributed by atoms with Crippen LogP contribution >= 0.6 is 0 Å². The Balaban J connectivity index is 1.84. The van der Waals surface area contributed by atoms with E-state index >= 15 is 0 Å². The van der Waals surface area contributed by atoms with E-state index in [1.807, 2.05) is 14.1 Å². The lowest BCUT2D eigenvalue weighted by Gasteiger charge is -2.47. The van der Waals surface area contributed by atoms with Gasteiger partial charge in [0.05, 0.1) is 31.6 Å². The van der Waals surface area contributed by atoms with E-state index in [-0.39, 0.29) is 12.6 Å². The SMILES string of the molecule is C[C@@H]1COC[C@@](CO)(CNc2ncnc3cnn(C)c23)N1C. The summed E-state index contributed by atoms with van der Waals surface area (Å²) in [6.45, 7) is 3.80. The van der Waals surface area contributed by atoms with E-state index < -0.39 is 5.54 Å². The van der Waals surface area contributed by atoms with Gasteiger partial charge in [-0.2, -0.15) is 5.10 Å². The van der Waals surface area contributed by atoms with E-state index in [0.29, 0.717) is 25.6 Å². The molecule has 1 saturated heterocycles. The fraction of sp³-hybridized carbons (Fsp3) is 0.643. The molecule has 0 bridgehead atoms. The van der Waals surface area contributed by atoms with E-state index in [4.69, 9.17) is 4.74 Å². The van der Waals surface area contributed by atoms with Gasteiger partial charge in [-0.15, -0.1) is 0 Å². The number of aliphatic hydroxyl groups is 1. The van der Waals surface area contributed by atoms with Gasteiger partial charge in [0.1, 0.15) is 17.4 Å². The lowest BCUT2D eigenvalue weighted by atomic mass is 9.96. The molecule has 2 aromatic rings. The number of aromatic nitrogens is 4. The largest absolute Gasteiger partial charge is 0.394 e. The molecule has 1 aliphatic rings. The first-order valence-corrected chi connectivity index (χ1v) is 7.35. The zero-order valence-corrected chi connectivity index (χ0v) is 13.2. The molecule has 3 rings (SSSR count). The molecule has 1 aliphatic heterocycles. The molecule has 120 valence electrons. The highest BCUT2D eigenvalue weighted by atomic mass is 16.5. The predicted octanol–water partition coefficient (Wildman–Crippen LogP) is -0.143. The van der Waals surface area contributed by atoms with Gasteiger partial charge < -0.3 is 15.2 Å². The number of nitrogens with zero attached hydrogens (tertiary/aromatic N) is 5. The summed E-state index contributed by atoms with van der Waals surface area (Å²) in [6, 6.07) is 0.254. The third-order valence-corrected chi connectivity index (χ3v) is 4.55. The molecule has 22 heavy (non-hydrogen) atoms. The Bertz CT molecular complexity index is 660. The highest BCUT2D eigenvalue weighted by Crippen LogP contribution is 2.24. The van der Waals surface area contributed by atoms with Gasteiger partial charge in [0.2, 0.25) is 0 Å². The monoisotopic (exact) mass is 306 g/mol. The van der Waals surface area contributed by atoms with Crippen LogP contribution in [0.25, 0.3) is 11.0 Å². The quantitative estimate of drug-likeness (QED) is 0.812. The topological polar surface area (TPSA) is 88.3 Å². The van der Waals surface area contributed by atoms with Crippen molar-refractivity contribution in [2.24, 2.45) is 7.05 Å². The van der Waals surface area contributed by atoms with Crippen LogP contribution in [-0.2, 0) is 11.8 Å². The van der Waals surface area contributed by atoms with Crippen molar-refractivity contribution in [3.63, 3.8) is 0 Å². The predicted molar refractivity (Wildman–Crippen MR) is 82.7 cm³/mol. The normalized spacial score (nSPS) is 26.5. The average Bonchev–Trinajstić information content (AvgIpc) is 2.91. The first-order chi connectivity index (χ1) is 10.6. The molecule has 0 aliphatic carbocycles. The smallest absolute Gasteiger partial charge is 0.155 e. The maximum absolute atomic E-state index is 9.92. The Morgan fingerprint density at radius 2 is 2.27 bits per heavy atom. The second kappa shape index (κ2) is 5.79. The van der Waals surface area contributed by atoms with Crippen molar-refractivity contribution in [3.8, 4) is 0 Å². The van der Waals surface area contributed by atoms with Crippen LogP contribution in [0, 0.1) is 0 Å². The molecule has 2 aromatic heterocycles. The number of fused-ring (bicyclic) bond motifs is 1. The molecule has 8 heteroatoms. The first-order valence-electron chi connectivity index (χ1n) is 7.35. The molecule has 1 fully saturated rings. The fourth-order valence-electron chi connectivity index (χ4n) is 2.87. The molecule has 0 unspecified atom stereocenters. The fourth-order valence-corrected chi connectivity index (χ4v) is 2.87. The van der Waals surface area contributed by atoms with Crippen molar-refractivity contribution in [3.05, 3.63) is 12.5 Å². The van der Waals surface area contributed by atoms with E-state index in [2.05, 4.69) is 32.2 Å². The molecule has 0 spiro atoms. The maximum atomic E-state index is 9.92. The second-order valence-corrected chi connectivity index (χ2v) is 5.94. The van der Waals surface area contributed by atoms with E-state index in [0.717, 1.165) is 11.0 Å². The van der Waals surface area contributed by atoms with Crippen LogP contribution in [0.4, 0.5) is 5.82 Å². The highest BCUT2D eigenvalue weighted by Gasteiger charge is 2.40. The summed E-state index contributed by atoms with van der Waals surface area (Å²) in [7, 11) is 3.88. The number of hydrogen-bond acceptors (Lipinski definition) is 7. The van der Waals surface area contributed by atoms with E-state index in [1.165, 1.54) is 6.33 Å². The maximum Gasteiger partial charge on any atom is 0.155 e. The lowest BCUT2D eigenvalue weighted by Crippen LogP contribution is -2.64. The van der Waals surface area contributed by atoms with Crippen molar-refractivity contribution in [1.82, 2.24) is 24.6 Å². The van der Waals surface area contributed by atoms with E-state index in [1.54, 1.807) is 10.9 Å². The van der Waals surface area contributed by atoms with Crippen molar-refractivity contribution < 1.29 is 9.84 Å². The molecular weight excluding hydrogens is 284 g/mol. The van der Waals surface area contributed by atoms with E-state index in [9.17, 15) is 5.11 Å². The van der Waals surface area contributed by atoms with Crippen LogP contribution in [-0.4, -0.2) is 74.7 Å². The number of ether oxygens (including phenoxy) is 1. The minimum atomic E-state index is -0.465. The number of aliphatic hydroxyl groups excluding tert-OH is 1. The Kier molecular flexibility index (Phi) is 3.98. The number of aryl methyl sites for hydroxylation is 1. The van der Waals surface area contributed by atoms with Crippen molar-refractivity contribution in [1.29, 1.82) is 0 Å². The molecular formula is C14H22N6O2. The Labute approximate surface area is 129 Å². The minimum Gasteiger partial charge on any atom is -0.394 e. The van der Waals surface area contributed by atoms with Gasteiger partial charge in [-0.3, -0.25) is 9.58 Å². The first kappa shape index (κ1) is 15.1.